The topological polar surface area (TPSA) is 3.24 Å². The molecule has 5 aliphatic carbocycles. The third-order valence-corrected chi connectivity index (χ3v) is 15.2. The summed E-state index contributed by atoms with van der Waals surface area (Å²) in [6, 6.07) is 68.5. The van der Waals surface area contributed by atoms with Gasteiger partial charge in [0.05, 0.1) is 0 Å². The third kappa shape index (κ3) is 5.66. The Balaban J connectivity index is 0.971. The predicted octanol–water partition coefficient (Wildman–Crippen LogP) is 16.1. The molecule has 0 radical (unpaired) electrons. The van der Waals surface area contributed by atoms with Crippen LogP contribution in [0.15, 0.2) is 182 Å². The number of anilines is 3. The Morgan fingerprint density at radius 1 is 0.417 bits per heavy atom. The summed E-state index contributed by atoms with van der Waals surface area (Å²) in [4.78, 5) is 2.48. The summed E-state index contributed by atoms with van der Waals surface area (Å²) in [7, 11) is 0. The van der Waals surface area contributed by atoms with Gasteiger partial charge in [0.15, 0.2) is 0 Å². The molecule has 4 saturated carbocycles. The van der Waals surface area contributed by atoms with E-state index in [9.17, 15) is 0 Å². The van der Waals surface area contributed by atoms with Crippen LogP contribution in [0.25, 0.3) is 55.3 Å². The van der Waals surface area contributed by atoms with Crippen LogP contribution in [0.4, 0.5) is 17.1 Å². The summed E-state index contributed by atoms with van der Waals surface area (Å²) in [5, 5.41) is 2.55. The lowest BCUT2D eigenvalue weighted by molar-refractivity contribution is -0.00518. The summed E-state index contributed by atoms with van der Waals surface area (Å²) < 4.78 is 0. The van der Waals surface area contributed by atoms with E-state index >= 15 is 0 Å². The maximum absolute atomic E-state index is 2.50. The van der Waals surface area contributed by atoms with E-state index in [0.29, 0.717) is 5.41 Å². The van der Waals surface area contributed by atoms with Gasteiger partial charge < -0.3 is 4.90 Å². The van der Waals surface area contributed by atoms with Gasteiger partial charge in [-0.05, 0) is 170 Å². The summed E-state index contributed by atoms with van der Waals surface area (Å²) >= 11 is 0. The molecule has 4 fully saturated rings. The van der Waals surface area contributed by atoms with E-state index in [2.05, 4.69) is 201 Å². The van der Waals surface area contributed by atoms with Crippen molar-refractivity contribution in [2.24, 2.45) is 17.8 Å². The van der Waals surface area contributed by atoms with Crippen molar-refractivity contribution in [1.29, 1.82) is 0 Å². The van der Waals surface area contributed by atoms with Crippen molar-refractivity contribution in [3.05, 3.63) is 199 Å². The molecule has 292 valence electrons. The SMILES string of the molecule is CC1(C)c2ccccc2-c2cccc(-c3cccc(N(c4ccc(-c5cccc6cccc(-c7ccccc7)c56)cc4)c4ccc(C56CC7CC(CC(C7)C5)C6)cc4)c3)c21. The Labute approximate surface area is 355 Å². The van der Waals surface area contributed by atoms with E-state index in [1.54, 1.807) is 5.56 Å². The van der Waals surface area contributed by atoms with Crippen LogP contribution in [0.5, 0.6) is 0 Å². The highest BCUT2D eigenvalue weighted by atomic mass is 15.1. The predicted molar refractivity (Wildman–Crippen MR) is 252 cm³/mol. The molecule has 1 nitrogen and oxygen atoms in total. The van der Waals surface area contributed by atoms with Gasteiger partial charge in [-0.2, -0.15) is 0 Å². The number of rotatable bonds is 7. The van der Waals surface area contributed by atoms with Crippen LogP contribution < -0.4 is 4.90 Å². The molecule has 0 aliphatic heterocycles. The van der Waals surface area contributed by atoms with Gasteiger partial charge in [0.1, 0.15) is 0 Å². The minimum absolute atomic E-state index is 0.0941. The van der Waals surface area contributed by atoms with Crippen molar-refractivity contribution in [3.63, 3.8) is 0 Å². The smallest absolute Gasteiger partial charge is 0.0467 e. The number of hydrogen-bond donors (Lipinski definition) is 0. The molecule has 8 aromatic rings. The average molecular weight is 774 g/mol. The van der Waals surface area contributed by atoms with E-state index in [4.69, 9.17) is 0 Å². The largest absolute Gasteiger partial charge is 0.310 e. The fraction of sp³-hybridized carbons (Fsp3) is 0.220. The molecule has 0 unspecified atom stereocenters. The van der Waals surface area contributed by atoms with Gasteiger partial charge in [0.2, 0.25) is 0 Å². The second-order valence-electron chi connectivity index (χ2n) is 19.2. The molecule has 0 atom stereocenters. The molecule has 8 aromatic carbocycles. The average Bonchev–Trinajstić information content (AvgIpc) is 3.52. The highest BCUT2D eigenvalue weighted by molar-refractivity contribution is 6.06. The van der Waals surface area contributed by atoms with E-state index in [0.717, 1.165) is 23.4 Å². The zero-order valence-corrected chi connectivity index (χ0v) is 34.7. The zero-order valence-electron chi connectivity index (χ0n) is 34.7. The molecule has 5 aliphatic rings. The first-order valence-electron chi connectivity index (χ1n) is 22.3. The van der Waals surface area contributed by atoms with Gasteiger partial charge in [-0.1, -0.05) is 159 Å². The van der Waals surface area contributed by atoms with Crippen molar-refractivity contribution in [2.45, 2.75) is 63.2 Å². The van der Waals surface area contributed by atoms with Gasteiger partial charge in [0, 0.05) is 22.5 Å². The Hall–Kier alpha value is -6.18. The Morgan fingerprint density at radius 2 is 0.933 bits per heavy atom. The highest BCUT2D eigenvalue weighted by Crippen LogP contribution is 2.61. The number of fused-ring (bicyclic) bond motifs is 4. The van der Waals surface area contributed by atoms with Crippen molar-refractivity contribution < 1.29 is 0 Å². The maximum atomic E-state index is 2.50. The number of hydrogen-bond acceptors (Lipinski definition) is 1. The second-order valence-corrected chi connectivity index (χ2v) is 19.2. The molecule has 0 N–H and O–H groups in total. The molecule has 0 amide bonds. The van der Waals surface area contributed by atoms with E-state index in [-0.39, 0.29) is 5.41 Å². The molecule has 4 bridgehead atoms. The molecule has 0 spiro atoms. The van der Waals surface area contributed by atoms with Gasteiger partial charge in [-0.25, -0.2) is 0 Å². The fourth-order valence-electron chi connectivity index (χ4n) is 13.0. The molecule has 13 rings (SSSR count). The van der Waals surface area contributed by atoms with Crippen molar-refractivity contribution >= 4 is 27.8 Å². The summed E-state index contributed by atoms with van der Waals surface area (Å²) in [6.45, 7) is 4.78. The molecule has 1 heteroatoms. The first kappa shape index (κ1) is 35.7. The van der Waals surface area contributed by atoms with E-state index in [1.165, 1.54) is 116 Å². The molecule has 60 heavy (non-hydrogen) atoms. The first-order chi connectivity index (χ1) is 29.4. The maximum Gasteiger partial charge on any atom is 0.0467 e. The van der Waals surface area contributed by atoms with Crippen LogP contribution in [0.2, 0.25) is 0 Å². The number of benzene rings is 8. The van der Waals surface area contributed by atoms with Crippen LogP contribution in [-0.4, -0.2) is 0 Å². The first-order valence-corrected chi connectivity index (χ1v) is 22.3. The summed E-state index contributed by atoms with van der Waals surface area (Å²) in [6.07, 6.45) is 8.56. The lowest BCUT2D eigenvalue weighted by Gasteiger charge is -2.57. The lowest BCUT2D eigenvalue weighted by Crippen LogP contribution is -2.48. The molecule has 0 heterocycles. The van der Waals surface area contributed by atoms with Gasteiger partial charge >= 0.3 is 0 Å². The van der Waals surface area contributed by atoms with Crippen LogP contribution >= 0.6 is 0 Å². The zero-order chi connectivity index (χ0) is 40.0. The molecular formula is C59H51N. The van der Waals surface area contributed by atoms with Gasteiger partial charge in [-0.15, -0.1) is 0 Å². The minimum Gasteiger partial charge on any atom is -0.310 e. The Kier molecular flexibility index (Phi) is 8.15. The minimum atomic E-state index is -0.0941. The monoisotopic (exact) mass is 773 g/mol. The van der Waals surface area contributed by atoms with E-state index < -0.39 is 0 Å². The van der Waals surface area contributed by atoms with Crippen LogP contribution in [0.3, 0.4) is 0 Å². The van der Waals surface area contributed by atoms with Crippen LogP contribution in [0, 0.1) is 17.8 Å². The van der Waals surface area contributed by atoms with Crippen LogP contribution in [0.1, 0.15) is 69.1 Å². The standard InChI is InChI=1S/C59H51N/c1-58(2)55-23-7-6-18-53(55)54-22-11-21-52(57(54)58)45-16-8-17-49(35-45)60(48-30-26-46(27-31-48)59-36-39-32-40(37-59)34-41(33-39)38-59)47-28-24-43(25-29-47)51-20-10-15-44-14-9-19-50(56(44)51)42-12-4-3-5-13-42/h3-31,35,39-41H,32-34,36-38H2,1-2H3. The lowest BCUT2D eigenvalue weighted by atomic mass is 9.48. The Morgan fingerprint density at radius 3 is 1.62 bits per heavy atom. The highest BCUT2D eigenvalue weighted by Gasteiger charge is 2.51. The quantitative estimate of drug-likeness (QED) is 0.156. The fourth-order valence-corrected chi connectivity index (χ4v) is 13.0. The molecule has 0 saturated heterocycles. The Bertz CT molecular complexity index is 2880. The summed E-state index contributed by atoms with van der Waals surface area (Å²) in [5.74, 6) is 2.78. The second kappa shape index (κ2) is 13.7. The van der Waals surface area contributed by atoms with Crippen molar-refractivity contribution in [3.8, 4) is 44.5 Å². The van der Waals surface area contributed by atoms with Crippen molar-refractivity contribution in [2.75, 3.05) is 4.90 Å². The van der Waals surface area contributed by atoms with Crippen molar-refractivity contribution in [1.82, 2.24) is 0 Å². The van der Waals surface area contributed by atoms with Crippen LogP contribution in [-0.2, 0) is 10.8 Å². The number of nitrogens with zero attached hydrogens (tertiary/aromatic N) is 1. The van der Waals surface area contributed by atoms with Gasteiger partial charge in [-0.3, -0.25) is 0 Å². The third-order valence-electron chi connectivity index (χ3n) is 15.2. The summed E-state index contributed by atoms with van der Waals surface area (Å²) in [5.41, 5.74) is 18.5. The molecule has 0 aromatic heterocycles. The molecular weight excluding hydrogens is 723 g/mol. The van der Waals surface area contributed by atoms with Gasteiger partial charge in [0.25, 0.3) is 0 Å². The van der Waals surface area contributed by atoms with E-state index in [1.807, 2.05) is 0 Å². The normalized spacial score (nSPS) is 21.8.